The molecule has 38 heavy (non-hydrogen) atoms. The van der Waals surface area contributed by atoms with Crippen LogP contribution in [0.5, 0.6) is 11.5 Å². The van der Waals surface area contributed by atoms with Gasteiger partial charge in [-0.05, 0) is 37.7 Å². The van der Waals surface area contributed by atoms with Crippen molar-refractivity contribution in [3.05, 3.63) is 60.9 Å². The van der Waals surface area contributed by atoms with Gasteiger partial charge in [-0.3, -0.25) is 9.48 Å². The highest BCUT2D eigenvalue weighted by molar-refractivity contribution is 5.93. The number of carbonyl (C=O) groups is 1. The normalized spacial score (nSPS) is 11.1. The van der Waals surface area contributed by atoms with E-state index in [-0.39, 0.29) is 19.1 Å². The largest absolute Gasteiger partial charge is 0.493 e. The molecule has 2 heterocycles. The first-order chi connectivity index (χ1) is 18.4. The molecule has 0 atom stereocenters. The van der Waals surface area contributed by atoms with E-state index in [9.17, 15) is 9.18 Å². The lowest BCUT2D eigenvalue weighted by molar-refractivity contribution is -0.116. The fourth-order valence-electron chi connectivity index (χ4n) is 3.80. The minimum atomic E-state index is -0.428. The summed E-state index contributed by atoms with van der Waals surface area (Å²) in [6.07, 6.45) is 5.48. The minimum absolute atomic E-state index is 0.0486. The van der Waals surface area contributed by atoms with Gasteiger partial charge >= 0.3 is 0 Å². The number of aromatic nitrogens is 4. The molecule has 0 bridgehead atoms. The number of carbonyl (C=O) groups excluding carboxylic acids is 1. The van der Waals surface area contributed by atoms with Gasteiger partial charge < -0.3 is 30.1 Å². The van der Waals surface area contributed by atoms with Crippen molar-refractivity contribution < 1.29 is 23.8 Å². The van der Waals surface area contributed by atoms with Gasteiger partial charge in [0.2, 0.25) is 5.91 Å². The molecule has 0 unspecified atom stereocenters. The van der Waals surface area contributed by atoms with E-state index < -0.39 is 5.82 Å². The van der Waals surface area contributed by atoms with E-state index in [0.717, 1.165) is 18.4 Å². The average molecular weight is 524 g/mol. The van der Waals surface area contributed by atoms with Gasteiger partial charge in [0.15, 0.2) is 11.5 Å². The molecule has 0 fully saturated rings. The number of aliphatic hydroxyl groups is 1. The second-order valence-electron chi connectivity index (χ2n) is 8.58. The third-order valence-electron chi connectivity index (χ3n) is 5.65. The van der Waals surface area contributed by atoms with Gasteiger partial charge in [0.25, 0.3) is 0 Å². The van der Waals surface area contributed by atoms with Crippen molar-refractivity contribution in [2.75, 3.05) is 51.1 Å². The number of likely N-dealkylation sites (N-methyl/N-ethyl adjacent to an activating group) is 1. The smallest absolute Gasteiger partial charge is 0.246 e. The molecule has 0 radical (unpaired) electrons. The summed E-state index contributed by atoms with van der Waals surface area (Å²) in [6, 6.07) is 9.30. The summed E-state index contributed by atoms with van der Waals surface area (Å²) < 4.78 is 26.3. The maximum absolute atomic E-state index is 13.3. The van der Waals surface area contributed by atoms with Crippen molar-refractivity contribution in [1.29, 1.82) is 0 Å². The van der Waals surface area contributed by atoms with Crippen molar-refractivity contribution in [3.8, 4) is 11.5 Å². The molecule has 0 aliphatic heterocycles. The number of amides is 1. The monoisotopic (exact) mass is 523 g/mol. The first-order valence-corrected chi connectivity index (χ1v) is 12.0. The Balaban J connectivity index is 1.41. The van der Waals surface area contributed by atoms with Gasteiger partial charge in [-0.2, -0.15) is 5.10 Å². The van der Waals surface area contributed by atoms with Gasteiger partial charge in [-0.25, -0.2) is 14.4 Å². The van der Waals surface area contributed by atoms with Crippen LogP contribution in [-0.4, -0.2) is 76.1 Å². The molecule has 0 spiro atoms. The molecule has 200 valence electrons. The summed E-state index contributed by atoms with van der Waals surface area (Å²) in [5.74, 6) is 0.891. The minimum Gasteiger partial charge on any atom is -0.493 e. The Morgan fingerprint density at radius 3 is 2.82 bits per heavy atom. The lowest BCUT2D eigenvalue weighted by Gasteiger charge is -2.16. The van der Waals surface area contributed by atoms with Crippen LogP contribution in [0.4, 0.5) is 21.6 Å². The second kappa shape index (κ2) is 12.8. The number of rotatable bonds is 13. The van der Waals surface area contributed by atoms with Crippen molar-refractivity contribution in [2.24, 2.45) is 0 Å². The molecule has 12 heteroatoms. The van der Waals surface area contributed by atoms with Crippen molar-refractivity contribution >= 4 is 34.0 Å². The number of fused-ring (bicyclic) bond motifs is 1. The SMILES string of the molecule is COc1cc2c(Nc3cnn(CC(=O)Nc4cccc(F)c4)c3)ncnc2cc1OCCCN(C)CCO. The van der Waals surface area contributed by atoms with E-state index in [1.165, 1.54) is 29.2 Å². The molecule has 0 saturated carbocycles. The quantitative estimate of drug-likeness (QED) is 0.227. The maximum atomic E-state index is 13.3. The maximum Gasteiger partial charge on any atom is 0.246 e. The van der Waals surface area contributed by atoms with Gasteiger partial charge in [0.05, 0.1) is 37.7 Å². The molecule has 1 amide bonds. The molecule has 0 saturated heterocycles. The van der Waals surface area contributed by atoms with Gasteiger partial charge in [0, 0.05) is 36.4 Å². The highest BCUT2D eigenvalue weighted by Gasteiger charge is 2.13. The molecular weight excluding hydrogens is 493 g/mol. The average Bonchev–Trinajstić information content (AvgIpc) is 3.32. The Kier molecular flexibility index (Phi) is 9.01. The van der Waals surface area contributed by atoms with Gasteiger partial charge in [0.1, 0.15) is 24.5 Å². The number of hydrogen-bond donors (Lipinski definition) is 3. The predicted molar refractivity (Wildman–Crippen MR) is 141 cm³/mol. The summed E-state index contributed by atoms with van der Waals surface area (Å²) >= 11 is 0. The topological polar surface area (TPSA) is 127 Å². The van der Waals surface area contributed by atoms with E-state index in [2.05, 4.69) is 25.7 Å². The zero-order chi connectivity index (χ0) is 26.9. The first kappa shape index (κ1) is 26.8. The number of nitrogens with zero attached hydrogens (tertiary/aromatic N) is 5. The molecular formula is C26H30FN7O4. The van der Waals surface area contributed by atoms with Gasteiger partial charge in [-0.15, -0.1) is 0 Å². The number of benzene rings is 2. The van der Waals surface area contributed by atoms with Crippen LogP contribution in [0.2, 0.25) is 0 Å². The number of methoxy groups -OCH3 is 1. The van der Waals surface area contributed by atoms with Crippen LogP contribution in [0.3, 0.4) is 0 Å². The van der Waals surface area contributed by atoms with Crippen molar-refractivity contribution in [2.45, 2.75) is 13.0 Å². The highest BCUT2D eigenvalue weighted by atomic mass is 19.1. The molecule has 2 aromatic heterocycles. The second-order valence-corrected chi connectivity index (χ2v) is 8.58. The van der Waals surface area contributed by atoms with Gasteiger partial charge in [-0.1, -0.05) is 6.07 Å². The Morgan fingerprint density at radius 2 is 2.03 bits per heavy atom. The van der Waals surface area contributed by atoms with E-state index >= 15 is 0 Å². The number of ether oxygens (including phenoxy) is 2. The van der Waals surface area contributed by atoms with Crippen LogP contribution >= 0.6 is 0 Å². The Bertz CT molecular complexity index is 1380. The van der Waals surface area contributed by atoms with Crippen LogP contribution in [0.15, 0.2) is 55.1 Å². The zero-order valence-corrected chi connectivity index (χ0v) is 21.2. The van der Waals surface area contributed by atoms with Crippen LogP contribution in [0, 0.1) is 5.82 Å². The third kappa shape index (κ3) is 7.14. The summed E-state index contributed by atoms with van der Waals surface area (Å²) in [6.45, 7) is 1.98. The molecule has 3 N–H and O–H groups in total. The van der Waals surface area contributed by atoms with Crippen molar-refractivity contribution in [1.82, 2.24) is 24.6 Å². The first-order valence-electron chi connectivity index (χ1n) is 12.0. The summed E-state index contributed by atoms with van der Waals surface area (Å²) in [5.41, 5.74) is 1.66. The number of aliphatic hydroxyl groups excluding tert-OH is 1. The summed E-state index contributed by atoms with van der Waals surface area (Å²) in [7, 11) is 3.52. The third-order valence-corrected chi connectivity index (χ3v) is 5.65. The highest BCUT2D eigenvalue weighted by Crippen LogP contribution is 2.34. The Morgan fingerprint density at radius 1 is 1.16 bits per heavy atom. The fourth-order valence-corrected chi connectivity index (χ4v) is 3.80. The van der Waals surface area contributed by atoms with Crippen LogP contribution in [0.25, 0.3) is 10.9 Å². The summed E-state index contributed by atoms with van der Waals surface area (Å²) in [5, 5.41) is 19.8. The molecule has 4 rings (SSSR count). The number of anilines is 3. The standard InChI is InChI=1S/C26H30FN7O4/c1-33(8-9-35)7-4-10-38-24-13-22-21(12-23(24)37-2)26(29-17-28-22)32-20-14-30-34(15-20)16-25(36)31-19-6-3-5-18(27)11-19/h3,5-6,11-15,17,35H,4,7-10,16H2,1-2H3,(H,31,36)(H,28,29,32). The van der Waals surface area contributed by atoms with Crippen LogP contribution in [0.1, 0.15) is 6.42 Å². The molecule has 0 aliphatic rings. The van der Waals surface area contributed by atoms with E-state index in [1.54, 1.807) is 31.6 Å². The van der Waals surface area contributed by atoms with E-state index in [1.807, 2.05) is 18.0 Å². The van der Waals surface area contributed by atoms with E-state index in [0.29, 0.717) is 47.4 Å². The molecule has 11 nitrogen and oxygen atoms in total. The number of nitrogens with one attached hydrogen (secondary N) is 2. The van der Waals surface area contributed by atoms with Crippen LogP contribution < -0.4 is 20.1 Å². The predicted octanol–water partition coefficient (Wildman–Crippen LogP) is 3.05. The lowest BCUT2D eigenvalue weighted by atomic mass is 10.2. The zero-order valence-electron chi connectivity index (χ0n) is 21.2. The Labute approximate surface area is 219 Å². The number of hydrogen-bond acceptors (Lipinski definition) is 9. The summed E-state index contributed by atoms with van der Waals surface area (Å²) in [4.78, 5) is 23.1. The fraction of sp³-hybridized carbons (Fsp3) is 0.308. The lowest BCUT2D eigenvalue weighted by Crippen LogP contribution is -2.24. The Hall–Kier alpha value is -4.29. The number of halogens is 1. The molecule has 4 aromatic rings. The molecule has 0 aliphatic carbocycles. The van der Waals surface area contributed by atoms with E-state index in [4.69, 9.17) is 14.6 Å². The van der Waals surface area contributed by atoms with Crippen LogP contribution in [-0.2, 0) is 11.3 Å². The molecule has 2 aromatic carbocycles. The van der Waals surface area contributed by atoms with Crippen molar-refractivity contribution in [3.63, 3.8) is 0 Å².